The summed E-state index contributed by atoms with van der Waals surface area (Å²) in [5.74, 6) is -0.381. The first kappa shape index (κ1) is 15.0. The molecule has 0 radical (unpaired) electrons. The fraction of sp³-hybridized carbons (Fsp3) is 0.235. The third kappa shape index (κ3) is 4.31. The number of hydrogen-bond donors (Lipinski definition) is 2. The Bertz CT molecular complexity index is 610. The summed E-state index contributed by atoms with van der Waals surface area (Å²) in [4.78, 5) is 11.9. The summed E-state index contributed by atoms with van der Waals surface area (Å²) in [5.41, 5.74) is 2.92. The van der Waals surface area contributed by atoms with Crippen molar-refractivity contribution in [2.45, 2.75) is 19.9 Å². The highest BCUT2D eigenvalue weighted by Crippen LogP contribution is 2.14. The van der Waals surface area contributed by atoms with Crippen molar-refractivity contribution >= 4 is 11.6 Å². The number of nitrogens with one attached hydrogen (secondary N) is 2. The molecule has 0 aliphatic rings. The van der Waals surface area contributed by atoms with Gasteiger partial charge in [0.25, 0.3) is 0 Å². The van der Waals surface area contributed by atoms with Gasteiger partial charge in [0, 0.05) is 5.69 Å². The molecule has 0 bridgehead atoms. The summed E-state index contributed by atoms with van der Waals surface area (Å²) in [7, 11) is 0. The van der Waals surface area contributed by atoms with E-state index >= 15 is 0 Å². The number of carbonyl (C=O) groups is 1. The summed E-state index contributed by atoms with van der Waals surface area (Å²) in [6.07, 6.45) is 0. The molecule has 2 aromatic rings. The number of carbonyl (C=O) groups excluding carboxylic acids is 1. The Morgan fingerprint density at radius 3 is 2.48 bits per heavy atom. The Morgan fingerprint density at radius 1 is 1.14 bits per heavy atom. The second-order valence-electron chi connectivity index (χ2n) is 5.01. The molecular weight excluding hydrogens is 267 g/mol. The summed E-state index contributed by atoms with van der Waals surface area (Å²) in [6.45, 7) is 4.07. The SMILES string of the molecule is Cc1ccccc1NCC(=O)N[C@@H](C)c1ccc(F)cc1. The van der Waals surface area contributed by atoms with Gasteiger partial charge in [0.2, 0.25) is 5.91 Å². The Morgan fingerprint density at radius 2 is 1.81 bits per heavy atom. The molecule has 110 valence electrons. The van der Waals surface area contributed by atoms with Gasteiger partial charge in [-0.1, -0.05) is 30.3 Å². The molecule has 0 aliphatic carbocycles. The third-order valence-electron chi connectivity index (χ3n) is 3.33. The highest BCUT2D eigenvalue weighted by Gasteiger charge is 2.09. The van der Waals surface area contributed by atoms with Crippen LogP contribution in [-0.4, -0.2) is 12.5 Å². The van der Waals surface area contributed by atoms with Crippen LogP contribution < -0.4 is 10.6 Å². The minimum atomic E-state index is -0.279. The van der Waals surface area contributed by atoms with Gasteiger partial charge in [-0.3, -0.25) is 4.79 Å². The number of anilines is 1. The molecule has 2 rings (SSSR count). The summed E-state index contributed by atoms with van der Waals surface area (Å²) in [5, 5.41) is 5.99. The lowest BCUT2D eigenvalue weighted by Gasteiger charge is -2.15. The van der Waals surface area contributed by atoms with Crippen LogP contribution in [0, 0.1) is 12.7 Å². The predicted molar refractivity (Wildman–Crippen MR) is 82.6 cm³/mol. The maximum Gasteiger partial charge on any atom is 0.239 e. The number of hydrogen-bond acceptors (Lipinski definition) is 2. The van der Waals surface area contributed by atoms with E-state index in [9.17, 15) is 9.18 Å². The minimum Gasteiger partial charge on any atom is -0.376 e. The van der Waals surface area contributed by atoms with Crippen molar-refractivity contribution in [2.24, 2.45) is 0 Å². The van der Waals surface area contributed by atoms with Crippen LogP contribution in [0.5, 0.6) is 0 Å². The fourth-order valence-corrected chi connectivity index (χ4v) is 2.07. The van der Waals surface area contributed by atoms with Gasteiger partial charge in [0.1, 0.15) is 5.82 Å². The van der Waals surface area contributed by atoms with Crippen molar-refractivity contribution in [1.29, 1.82) is 0 Å². The zero-order valence-corrected chi connectivity index (χ0v) is 12.2. The topological polar surface area (TPSA) is 41.1 Å². The summed E-state index contributed by atoms with van der Waals surface area (Å²) < 4.78 is 12.9. The zero-order valence-electron chi connectivity index (χ0n) is 12.2. The van der Waals surface area contributed by atoms with Gasteiger partial charge >= 0.3 is 0 Å². The highest BCUT2D eigenvalue weighted by molar-refractivity contribution is 5.81. The number of amides is 1. The van der Waals surface area contributed by atoms with Crippen molar-refractivity contribution in [1.82, 2.24) is 5.32 Å². The van der Waals surface area contributed by atoms with Gasteiger partial charge in [-0.05, 0) is 43.2 Å². The van der Waals surface area contributed by atoms with Crippen molar-refractivity contribution in [3.05, 3.63) is 65.5 Å². The van der Waals surface area contributed by atoms with Crippen molar-refractivity contribution in [3.8, 4) is 0 Å². The standard InChI is InChI=1S/C17H19FN2O/c1-12-5-3-4-6-16(12)19-11-17(21)20-13(2)14-7-9-15(18)10-8-14/h3-10,13,19H,11H2,1-2H3,(H,20,21)/t13-/m0/s1. The third-order valence-corrected chi connectivity index (χ3v) is 3.33. The van der Waals surface area contributed by atoms with Crippen LogP contribution in [0.3, 0.4) is 0 Å². The molecule has 0 fully saturated rings. The Balaban J connectivity index is 1.87. The number of rotatable bonds is 5. The van der Waals surface area contributed by atoms with Gasteiger partial charge < -0.3 is 10.6 Å². The second-order valence-corrected chi connectivity index (χ2v) is 5.01. The number of benzene rings is 2. The molecule has 1 amide bonds. The Kier molecular flexibility index (Phi) is 4.93. The van der Waals surface area contributed by atoms with Crippen LogP contribution in [0.1, 0.15) is 24.1 Å². The first-order valence-corrected chi connectivity index (χ1v) is 6.90. The molecule has 3 nitrogen and oxygen atoms in total. The first-order chi connectivity index (χ1) is 10.1. The normalized spacial score (nSPS) is 11.8. The summed E-state index contributed by atoms with van der Waals surface area (Å²) in [6, 6.07) is 13.8. The van der Waals surface area contributed by atoms with E-state index < -0.39 is 0 Å². The van der Waals surface area contributed by atoms with Crippen LogP contribution in [0.15, 0.2) is 48.5 Å². The van der Waals surface area contributed by atoms with Gasteiger partial charge in [0.05, 0.1) is 12.6 Å². The molecule has 0 aromatic heterocycles. The molecule has 0 saturated carbocycles. The second kappa shape index (κ2) is 6.88. The van der Waals surface area contributed by atoms with Crippen molar-refractivity contribution in [2.75, 3.05) is 11.9 Å². The van der Waals surface area contributed by atoms with E-state index in [1.165, 1.54) is 12.1 Å². The molecule has 21 heavy (non-hydrogen) atoms. The van der Waals surface area contributed by atoms with Gasteiger partial charge in [-0.2, -0.15) is 0 Å². The number of para-hydroxylation sites is 1. The maximum absolute atomic E-state index is 12.9. The lowest BCUT2D eigenvalue weighted by Crippen LogP contribution is -2.32. The first-order valence-electron chi connectivity index (χ1n) is 6.90. The molecule has 2 aromatic carbocycles. The molecular formula is C17H19FN2O. The maximum atomic E-state index is 12.9. The number of aryl methyl sites for hydroxylation is 1. The highest BCUT2D eigenvalue weighted by atomic mass is 19.1. The monoisotopic (exact) mass is 286 g/mol. The van der Waals surface area contributed by atoms with Gasteiger partial charge in [0.15, 0.2) is 0 Å². The van der Waals surface area contributed by atoms with Crippen LogP contribution in [-0.2, 0) is 4.79 Å². The van der Waals surface area contributed by atoms with E-state index in [2.05, 4.69) is 10.6 Å². The average molecular weight is 286 g/mol. The predicted octanol–water partition coefficient (Wildman–Crippen LogP) is 3.42. The van der Waals surface area contributed by atoms with E-state index in [0.717, 1.165) is 16.8 Å². The fourth-order valence-electron chi connectivity index (χ4n) is 2.07. The molecule has 4 heteroatoms. The van der Waals surface area contributed by atoms with Crippen molar-refractivity contribution < 1.29 is 9.18 Å². The summed E-state index contributed by atoms with van der Waals surface area (Å²) >= 11 is 0. The quantitative estimate of drug-likeness (QED) is 0.884. The Hall–Kier alpha value is -2.36. The van der Waals surface area contributed by atoms with Crippen LogP contribution in [0.2, 0.25) is 0 Å². The van der Waals surface area contributed by atoms with Gasteiger partial charge in [-0.15, -0.1) is 0 Å². The van der Waals surface area contributed by atoms with E-state index in [4.69, 9.17) is 0 Å². The van der Waals surface area contributed by atoms with Crippen LogP contribution >= 0.6 is 0 Å². The number of halogens is 1. The van der Waals surface area contributed by atoms with E-state index in [-0.39, 0.29) is 24.3 Å². The molecule has 1 atom stereocenters. The molecule has 0 unspecified atom stereocenters. The molecule has 0 saturated heterocycles. The Labute approximate surface area is 124 Å². The average Bonchev–Trinajstić information content (AvgIpc) is 2.47. The largest absolute Gasteiger partial charge is 0.376 e. The molecule has 0 spiro atoms. The lowest BCUT2D eigenvalue weighted by molar-refractivity contribution is -0.120. The molecule has 0 heterocycles. The van der Waals surface area contributed by atoms with E-state index in [0.29, 0.717) is 0 Å². The van der Waals surface area contributed by atoms with Crippen molar-refractivity contribution in [3.63, 3.8) is 0 Å². The minimum absolute atomic E-state index is 0.102. The van der Waals surface area contributed by atoms with E-state index in [1.807, 2.05) is 38.1 Å². The van der Waals surface area contributed by atoms with Crippen LogP contribution in [0.4, 0.5) is 10.1 Å². The van der Waals surface area contributed by atoms with Crippen LogP contribution in [0.25, 0.3) is 0 Å². The zero-order chi connectivity index (χ0) is 15.2. The molecule has 0 aliphatic heterocycles. The van der Waals surface area contributed by atoms with E-state index in [1.54, 1.807) is 12.1 Å². The van der Waals surface area contributed by atoms with Gasteiger partial charge in [-0.25, -0.2) is 4.39 Å². The molecule has 2 N–H and O–H groups in total. The lowest BCUT2D eigenvalue weighted by atomic mass is 10.1. The smallest absolute Gasteiger partial charge is 0.239 e.